The smallest absolute Gasteiger partial charge is 0.227 e. The van der Waals surface area contributed by atoms with Crippen molar-refractivity contribution in [1.82, 2.24) is 4.90 Å². The Hall–Kier alpha value is -1.46. The molecule has 2 fully saturated rings. The van der Waals surface area contributed by atoms with Gasteiger partial charge in [-0.2, -0.15) is 0 Å². The highest BCUT2D eigenvalue weighted by Crippen LogP contribution is 2.62. The first-order valence-electron chi connectivity index (χ1n) is 9.19. The number of likely N-dealkylation sites (tertiary alicyclic amines) is 1. The second-order valence-electron chi connectivity index (χ2n) is 8.55. The second-order valence-corrected chi connectivity index (χ2v) is 8.96. The molecular formula is C20H26ClNO4. The third-order valence-electron chi connectivity index (χ3n) is 6.24. The lowest BCUT2D eigenvalue weighted by Crippen LogP contribution is -2.55. The number of amides is 1. The Morgan fingerprint density at radius 3 is 2.65 bits per heavy atom. The van der Waals surface area contributed by atoms with E-state index in [1.54, 1.807) is 13.2 Å². The van der Waals surface area contributed by atoms with Crippen LogP contribution in [0.15, 0.2) is 12.1 Å². The van der Waals surface area contributed by atoms with Crippen molar-refractivity contribution in [2.75, 3.05) is 40.0 Å². The van der Waals surface area contributed by atoms with Crippen LogP contribution in [0.1, 0.15) is 25.8 Å². The van der Waals surface area contributed by atoms with Gasteiger partial charge in [0.1, 0.15) is 13.2 Å². The Morgan fingerprint density at radius 2 is 2.00 bits per heavy atom. The highest BCUT2D eigenvalue weighted by Gasteiger charge is 2.63. The van der Waals surface area contributed by atoms with E-state index in [-0.39, 0.29) is 23.2 Å². The zero-order valence-electron chi connectivity index (χ0n) is 15.6. The van der Waals surface area contributed by atoms with Crippen molar-refractivity contribution in [1.29, 1.82) is 0 Å². The standard InChI is InChI=1S/C20H26ClNO4/c1-19(2)10-20(12-24-3)11-22(9-17(19)20)18(23)7-13-6-15-16(8-14(13)21)26-5-4-25-15/h6,8,17H,4-5,7,9-12H2,1-3H3/t17-,20-/m1/s1. The molecule has 6 heteroatoms. The summed E-state index contributed by atoms with van der Waals surface area (Å²) in [5, 5.41) is 0.553. The van der Waals surface area contributed by atoms with Crippen LogP contribution in [0.3, 0.4) is 0 Å². The first kappa shape index (κ1) is 17.9. The maximum absolute atomic E-state index is 13.0. The molecule has 0 spiro atoms. The summed E-state index contributed by atoms with van der Waals surface area (Å²) in [5.41, 5.74) is 1.17. The van der Waals surface area contributed by atoms with Gasteiger partial charge in [0, 0.05) is 36.7 Å². The zero-order valence-corrected chi connectivity index (χ0v) is 16.4. The topological polar surface area (TPSA) is 48.0 Å². The number of hydrogen-bond acceptors (Lipinski definition) is 4. The fraction of sp³-hybridized carbons (Fsp3) is 0.650. The number of benzene rings is 1. The van der Waals surface area contributed by atoms with Crippen LogP contribution in [0.25, 0.3) is 0 Å². The van der Waals surface area contributed by atoms with Gasteiger partial charge in [0.25, 0.3) is 0 Å². The van der Waals surface area contributed by atoms with Crippen LogP contribution in [0, 0.1) is 16.7 Å². The van der Waals surface area contributed by atoms with Gasteiger partial charge in [0.2, 0.25) is 5.91 Å². The van der Waals surface area contributed by atoms with Crippen LogP contribution in [-0.4, -0.2) is 50.8 Å². The van der Waals surface area contributed by atoms with Gasteiger partial charge in [-0.15, -0.1) is 0 Å². The SMILES string of the molecule is COC[C@@]12CN(C(=O)Cc3cc4c(cc3Cl)OCCO4)C[C@@H]1C(C)(C)C2. The van der Waals surface area contributed by atoms with Gasteiger partial charge in [-0.25, -0.2) is 0 Å². The molecule has 26 heavy (non-hydrogen) atoms. The lowest BCUT2D eigenvalue weighted by molar-refractivity contribution is -0.130. The predicted octanol–water partition coefficient (Wildman–Crippen LogP) is 3.17. The molecule has 1 saturated carbocycles. The first-order valence-corrected chi connectivity index (χ1v) is 9.57. The van der Waals surface area contributed by atoms with E-state index in [9.17, 15) is 4.79 Å². The molecule has 1 amide bonds. The minimum atomic E-state index is 0.115. The van der Waals surface area contributed by atoms with Crippen LogP contribution >= 0.6 is 11.6 Å². The van der Waals surface area contributed by atoms with E-state index in [1.165, 1.54) is 0 Å². The molecule has 1 aromatic carbocycles. The third kappa shape index (κ3) is 2.85. The summed E-state index contributed by atoms with van der Waals surface area (Å²) in [6, 6.07) is 3.59. The highest BCUT2D eigenvalue weighted by molar-refractivity contribution is 6.31. The molecule has 1 aliphatic carbocycles. The van der Waals surface area contributed by atoms with E-state index in [4.69, 9.17) is 25.8 Å². The number of carbonyl (C=O) groups is 1. The van der Waals surface area contributed by atoms with Crippen LogP contribution in [0.4, 0.5) is 0 Å². The number of halogens is 1. The molecule has 5 nitrogen and oxygen atoms in total. The van der Waals surface area contributed by atoms with E-state index in [2.05, 4.69) is 13.8 Å². The molecular weight excluding hydrogens is 354 g/mol. The number of rotatable bonds is 4. The summed E-state index contributed by atoms with van der Waals surface area (Å²) in [5.74, 6) is 1.93. The van der Waals surface area contributed by atoms with Crippen LogP contribution in [0.5, 0.6) is 11.5 Å². The summed E-state index contributed by atoms with van der Waals surface area (Å²) >= 11 is 6.38. The number of carbonyl (C=O) groups excluding carboxylic acids is 1. The number of fused-ring (bicyclic) bond motifs is 2. The van der Waals surface area contributed by atoms with Crippen molar-refractivity contribution in [3.8, 4) is 11.5 Å². The van der Waals surface area contributed by atoms with Crippen molar-refractivity contribution in [2.45, 2.75) is 26.7 Å². The van der Waals surface area contributed by atoms with Crippen LogP contribution in [-0.2, 0) is 16.0 Å². The molecule has 0 N–H and O–H groups in total. The highest BCUT2D eigenvalue weighted by atomic mass is 35.5. The van der Waals surface area contributed by atoms with Gasteiger partial charge in [-0.05, 0) is 29.4 Å². The Labute approximate surface area is 159 Å². The van der Waals surface area contributed by atoms with Gasteiger partial charge in [0.15, 0.2) is 11.5 Å². The minimum Gasteiger partial charge on any atom is -0.486 e. The molecule has 0 radical (unpaired) electrons. The van der Waals surface area contributed by atoms with Crippen LogP contribution in [0.2, 0.25) is 5.02 Å². The van der Waals surface area contributed by atoms with Crippen molar-refractivity contribution < 1.29 is 19.0 Å². The van der Waals surface area contributed by atoms with Crippen molar-refractivity contribution in [3.05, 3.63) is 22.7 Å². The van der Waals surface area contributed by atoms with Crippen molar-refractivity contribution in [2.24, 2.45) is 16.7 Å². The number of methoxy groups -OCH3 is 1. The molecule has 0 unspecified atom stereocenters. The summed E-state index contributed by atoms with van der Waals surface area (Å²) in [7, 11) is 1.75. The average Bonchev–Trinajstić information content (AvgIpc) is 2.90. The average molecular weight is 380 g/mol. The fourth-order valence-corrected chi connectivity index (χ4v) is 5.53. The summed E-state index contributed by atoms with van der Waals surface area (Å²) < 4.78 is 16.6. The van der Waals surface area contributed by atoms with Crippen molar-refractivity contribution >= 4 is 17.5 Å². The molecule has 3 aliphatic rings. The number of hydrogen-bond donors (Lipinski definition) is 0. The van der Waals surface area contributed by atoms with E-state index in [0.717, 1.165) is 31.7 Å². The van der Waals surface area contributed by atoms with E-state index >= 15 is 0 Å². The summed E-state index contributed by atoms with van der Waals surface area (Å²) in [4.78, 5) is 15.0. The lowest BCUT2D eigenvalue weighted by Gasteiger charge is -2.56. The maximum atomic E-state index is 13.0. The Bertz CT molecular complexity index is 735. The van der Waals surface area contributed by atoms with Gasteiger partial charge in [-0.3, -0.25) is 4.79 Å². The molecule has 2 atom stereocenters. The monoisotopic (exact) mass is 379 g/mol. The molecule has 1 saturated heterocycles. The lowest BCUT2D eigenvalue weighted by atomic mass is 9.48. The van der Waals surface area contributed by atoms with Crippen molar-refractivity contribution in [3.63, 3.8) is 0 Å². The summed E-state index contributed by atoms with van der Waals surface area (Å²) in [6.07, 6.45) is 1.39. The molecule has 2 aliphatic heterocycles. The molecule has 2 heterocycles. The van der Waals surface area contributed by atoms with Gasteiger partial charge in [0.05, 0.1) is 13.0 Å². The molecule has 142 valence electrons. The van der Waals surface area contributed by atoms with Crippen LogP contribution < -0.4 is 9.47 Å². The Morgan fingerprint density at radius 1 is 1.31 bits per heavy atom. The zero-order chi connectivity index (χ0) is 18.5. The third-order valence-corrected chi connectivity index (χ3v) is 6.59. The largest absolute Gasteiger partial charge is 0.486 e. The molecule has 1 aromatic rings. The summed E-state index contributed by atoms with van der Waals surface area (Å²) in [6.45, 7) is 7.91. The molecule has 0 aromatic heterocycles. The van der Waals surface area contributed by atoms with Gasteiger partial charge in [-0.1, -0.05) is 25.4 Å². The number of nitrogens with zero attached hydrogens (tertiary/aromatic N) is 1. The molecule has 4 rings (SSSR count). The Kier molecular flexibility index (Phi) is 4.35. The van der Waals surface area contributed by atoms with Gasteiger partial charge < -0.3 is 19.1 Å². The first-order chi connectivity index (χ1) is 12.3. The second kappa shape index (κ2) is 6.31. The number of ether oxygens (including phenoxy) is 3. The van der Waals surface area contributed by atoms with Gasteiger partial charge >= 0.3 is 0 Å². The normalized spacial score (nSPS) is 28.5. The minimum absolute atomic E-state index is 0.115. The molecule has 0 bridgehead atoms. The Balaban J connectivity index is 1.49. The fourth-order valence-electron chi connectivity index (χ4n) is 5.31. The van der Waals surface area contributed by atoms with E-state index in [1.807, 2.05) is 11.0 Å². The quantitative estimate of drug-likeness (QED) is 0.806. The van der Waals surface area contributed by atoms with E-state index in [0.29, 0.717) is 35.7 Å². The maximum Gasteiger partial charge on any atom is 0.227 e. The predicted molar refractivity (Wildman–Crippen MR) is 98.9 cm³/mol. The van der Waals surface area contributed by atoms with E-state index < -0.39 is 0 Å².